The Labute approximate surface area is 292 Å². The van der Waals surface area contributed by atoms with E-state index in [0.717, 1.165) is 41.4 Å². The van der Waals surface area contributed by atoms with Gasteiger partial charge >= 0.3 is 0 Å². The molecule has 1 aromatic heterocycles. The standard InChI is InChI=1S/C42H53N3O2S/c1-4-7-9-10-11-12-13-14-19-27-48-42-44-40(37-26-25-33(29-39(37)46)47-30-31(6-3)20-8-5-2)43-41(45-42)38-28-32-21-15-16-22-34(32)35-23-17-18-24-36(35)38/h15-18,21-26,28-29,31,46H,4-14,19-20,27,30H2,1-3H3. The first-order chi connectivity index (χ1) is 23.6. The lowest BCUT2D eigenvalue weighted by Crippen LogP contribution is -2.11. The fourth-order valence-electron chi connectivity index (χ4n) is 6.38. The van der Waals surface area contributed by atoms with E-state index in [-0.39, 0.29) is 5.75 Å². The molecule has 0 aliphatic heterocycles. The maximum absolute atomic E-state index is 11.3. The van der Waals surface area contributed by atoms with Gasteiger partial charge in [0.1, 0.15) is 11.5 Å². The minimum absolute atomic E-state index is 0.115. The zero-order valence-corrected chi connectivity index (χ0v) is 30.0. The molecule has 5 aromatic rings. The van der Waals surface area contributed by atoms with Gasteiger partial charge in [-0.25, -0.2) is 15.0 Å². The molecule has 48 heavy (non-hydrogen) atoms. The largest absolute Gasteiger partial charge is 0.507 e. The molecule has 5 nitrogen and oxygen atoms in total. The van der Waals surface area contributed by atoms with Crippen molar-refractivity contribution in [1.29, 1.82) is 0 Å². The minimum Gasteiger partial charge on any atom is -0.507 e. The van der Waals surface area contributed by atoms with Crippen molar-refractivity contribution in [3.05, 3.63) is 72.8 Å². The van der Waals surface area contributed by atoms with Gasteiger partial charge in [-0.1, -0.05) is 152 Å². The number of phenolic OH excluding ortho intramolecular Hbond substituents is 1. The molecule has 254 valence electrons. The average molecular weight is 664 g/mol. The summed E-state index contributed by atoms with van der Waals surface area (Å²) in [4.78, 5) is 14.9. The predicted octanol–water partition coefficient (Wildman–Crippen LogP) is 12.4. The van der Waals surface area contributed by atoms with Crippen LogP contribution in [0.5, 0.6) is 11.5 Å². The first-order valence-electron chi connectivity index (χ1n) is 18.4. The van der Waals surface area contributed by atoms with Crippen molar-refractivity contribution in [1.82, 2.24) is 15.0 Å². The Morgan fingerprint density at radius 3 is 2.00 bits per heavy atom. The number of ether oxygens (including phenoxy) is 1. The molecule has 1 atom stereocenters. The summed E-state index contributed by atoms with van der Waals surface area (Å²) in [6.07, 6.45) is 16.3. The van der Waals surface area contributed by atoms with Crippen molar-refractivity contribution < 1.29 is 9.84 Å². The zero-order chi connectivity index (χ0) is 33.6. The van der Waals surface area contributed by atoms with Gasteiger partial charge in [0.2, 0.25) is 0 Å². The van der Waals surface area contributed by atoms with E-state index < -0.39 is 0 Å². The van der Waals surface area contributed by atoms with Crippen LogP contribution in [0.2, 0.25) is 0 Å². The quantitative estimate of drug-likeness (QED) is 0.0508. The van der Waals surface area contributed by atoms with Crippen molar-refractivity contribution >= 4 is 33.3 Å². The fraction of sp³-hybridized carbons (Fsp3) is 0.452. The van der Waals surface area contributed by atoms with Gasteiger partial charge in [-0.2, -0.15) is 0 Å². The van der Waals surface area contributed by atoms with Gasteiger partial charge in [0.15, 0.2) is 16.8 Å². The van der Waals surface area contributed by atoms with Gasteiger partial charge in [0.25, 0.3) is 0 Å². The molecule has 1 heterocycles. The van der Waals surface area contributed by atoms with Crippen LogP contribution in [0.1, 0.15) is 104 Å². The Balaban J connectivity index is 1.40. The molecule has 5 rings (SSSR count). The number of hydrogen-bond donors (Lipinski definition) is 1. The molecule has 1 N–H and O–H groups in total. The molecule has 0 radical (unpaired) electrons. The summed E-state index contributed by atoms with van der Waals surface area (Å²) in [5.41, 5.74) is 1.55. The molecule has 0 amide bonds. The smallest absolute Gasteiger partial charge is 0.191 e. The van der Waals surface area contributed by atoms with Crippen LogP contribution in [0.25, 0.3) is 44.3 Å². The summed E-state index contributed by atoms with van der Waals surface area (Å²) in [7, 11) is 0. The SMILES string of the molecule is CCCCCCCCCCCSc1nc(-c2ccc(OCC(CC)CCCC)cc2O)nc(-c2cc3ccccc3c3ccccc23)n1. The monoisotopic (exact) mass is 663 g/mol. The molecule has 0 saturated heterocycles. The van der Waals surface area contributed by atoms with E-state index in [2.05, 4.69) is 75.4 Å². The van der Waals surface area contributed by atoms with Crippen LogP contribution in [0.15, 0.2) is 78.0 Å². The van der Waals surface area contributed by atoms with E-state index >= 15 is 0 Å². The summed E-state index contributed by atoms with van der Waals surface area (Å²) in [6.45, 7) is 7.36. The molecule has 1 unspecified atom stereocenters. The number of aromatic hydroxyl groups is 1. The molecular formula is C42H53N3O2S. The van der Waals surface area contributed by atoms with E-state index in [0.29, 0.717) is 40.6 Å². The number of nitrogens with zero attached hydrogens (tertiary/aromatic N) is 3. The molecular weight excluding hydrogens is 611 g/mol. The summed E-state index contributed by atoms with van der Waals surface area (Å²) >= 11 is 1.68. The highest BCUT2D eigenvalue weighted by molar-refractivity contribution is 7.99. The van der Waals surface area contributed by atoms with E-state index in [9.17, 15) is 5.11 Å². The first-order valence-corrected chi connectivity index (χ1v) is 19.4. The summed E-state index contributed by atoms with van der Waals surface area (Å²) in [6, 6.07) is 24.6. The summed E-state index contributed by atoms with van der Waals surface area (Å²) < 4.78 is 6.13. The molecule has 4 aromatic carbocycles. The minimum atomic E-state index is 0.115. The molecule has 0 fully saturated rings. The van der Waals surface area contributed by atoms with Crippen LogP contribution < -0.4 is 4.74 Å². The van der Waals surface area contributed by atoms with E-state index in [1.165, 1.54) is 75.0 Å². The Morgan fingerprint density at radius 1 is 0.646 bits per heavy atom. The molecule has 0 saturated carbocycles. The molecule has 0 aliphatic rings. The van der Waals surface area contributed by atoms with Gasteiger partial charge in [-0.05, 0) is 58.5 Å². The van der Waals surface area contributed by atoms with Crippen LogP contribution in [-0.4, -0.2) is 32.4 Å². The number of fused-ring (bicyclic) bond motifs is 3. The molecule has 6 heteroatoms. The normalized spacial score (nSPS) is 12.1. The fourth-order valence-corrected chi connectivity index (χ4v) is 7.21. The first kappa shape index (κ1) is 35.7. The number of unbranched alkanes of at least 4 members (excludes halogenated alkanes) is 9. The summed E-state index contributed by atoms with van der Waals surface area (Å²) in [5.74, 6) is 3.35. The number of hydrogen-bond acceptors (Lipinski definition) is 6. The van der Waals surface area contributed by atoms with Gasteiger partial charge in [-0.3, -0.25) is 0 Å². The molecule has 0 aliphatic carbocycles. The highest BCUT2D eigenvalue weighted by Gasteiger charge is 2.18. The number of rotatable bonds is 20. The van der Waals surface area contributed by atoms with Crippen molar-refractivity contribution in [3.8, 4) is 34.3 Å². The van der Waals surface area contributed by atoms with E-state index in [1.807, 2.05) is 12.1 Å². The van der Waals surface area contributed by atoms with Crippen molar-refractivity contribution in [2.45, 2.75) is 109 Å². The van der Waals surface area contributed by atoms with Crippen LogP contribution in [-0.2, 0) is 0 Å². The Morgan fingerprint density at radius 2 is 1.29 bits per heavy atom. The second kappa shape index (κ2) is 18.8. The third-order valence-corrected chi connectivity index (χ3v) is 10.3. The lowest BCUT2D eigenvalue weighted by atomic mass is 9.97. The predicted molar refractivity (Wildman–Crippen MR) is 204 cm³/mol. The van der Waals surface area contributed by atoms with E-state index in [4.69, 9.17) is 19.7 Å². The number of benzene rings is 4. The average Bonchev–Trinajstić information content (AvgIpc) is 3.12. The molecule has 0 spiro atoms. The molecule has 0 bridgehead atoms. The van der Waals surface area contributed by atoms with Crippen molar-refractivity contribution in [2.75, 3.05) is 12.4 Å². The van der Waals surface area contributed by atoms with Crippen LogP contribution >= 0.6 is 11.8 Å². The van der Waals surface area contributed by atoms with Gasteiger partial charge < -0.3 is 9.84 Å². The van der Waals surface area contributed by atoms with E-state index in [1.54, 1.807) is 17.8 Å². The highest BCUT2D eigenvalue weighted by atomic mass is 32.2. The number of phenols is 1. The van der Waals surface area contributed by atoms with Gasteiger partial charge in [-0.15, -0.1) is 0 Å². The maximum atomic E-state index is 11.3. The topological polar surface area (TPSA) is 68.1 Å². The van der Waals surface area contributed by atoms with Crippen LogP contribution in [0.3, 0.4) is 0 Å². The lowest BCUT2D eigenvalue weighted by molar-refractivity contribution is 0.232. The van der Waals surface area contributed by atoms with Crippen LogP contribution in [0.4, 0.5) is 0 Å². The maximum Gasteiger partial charge on any atom is 0.191 e. The third-order valence-electron chi connectivity index (χ3n) is 9.34. The number of aromatic nitrogens is 3. The van der Waals surface area contributed by atoms with Crippen molar-refractivity contribution in [3.63, 3.8) is 0 Å². The Hall–Kier alpha value is -3.64. The van der Waals surface area contributed by atoms with Gasteiger partial charge in [0.05, 0.1) is 12.2 Å². The van der Waals surface area contributed by atoms with Gasteiger partial charge in [0, 0.05) is 17.4 Å². The van der Waals surface area contributed by atoms with Crippen LogP contribution in [0, 0.1) is 5.92 Å². The second-order valence-corrected chi connectivity index (χ2v) is 14.1. The summed E-state index contributed by atoms with van der Waals surface area (Å²) in [5, 5.41) is 16.6. The van der Waals surface area contributed by atoms with Crippen molar-refractivity contribution in [2.24, 2.45) is 5.92 Å². The highest BCUT2D eigenvalue weighted by Crippen LogP contribution is 2.37. The second-order valence-electron chi connectivity index (χ2n) is 13.0. The lowest BCUT2D eigenvalue weighted by Gasteiger charge is -2.16. The zero-order valence-electron chi connectivity index (χ0n) is 29.2. The number of thioether (sulfide) groups is 1. The third kappa shape index (κ3) is 9.72. The Kier molecular flexibility index (Phi) is 14.0. The Bertz CT molecular complexity index is 1740.